The molecule has 0 radical (unpaired) electrons. The zero-order chi connectivity index (χ0) is 14.3. The Hall–Kier alpha value is -1.33. The number of rotatable bonds is 1. The summed E-state index contributed by atoms with van der Waals surface area (Å²) in [5.41, 5.74) is 2.12. The van der Waals surface area contributed by atoms with Crippen molar-refractivity contribution in [3.05, 3.63) is 41.0 Å². The molecule has 2 unspecified atom stereocenters. The minimum atomic E-state index is -4.28. The van der Waals surface area contributed by atoms with E-state index in [-0.39, 0.29) is 12.1 Å². The summed E-state index contributed by atoms with van der Waals surface area (Å²) in [6.07, 6.45) is -1.41. The van der Waals surface area contributed by atoms with Gasteiger partial charge in [-0.1, -0.05) is 12.1 Å². The van der Waals surface area contributed by atoms with Gasteiger partial charge in [0.25, 0.3) is 0 Å². The highest BCUT2D eigenvalue weighted by Crippen LogP contribution is 2.34. The smallest absolute Gasteiger partial charge is 0.378 e. The summed E-state index contributed by atoms with van der Waals surface area (Å²) in [6, 6.07) is 4.41. The first-order chi connectivity index (χ1) is 9.43. The van der Waals surface area contributed by atoms with E-state index < -0.39 is 11.7 Å². The van der Waals surface area contributed by atoms with Crippen molar-refractivity contribution < 1.29 is 17.9 Å². The number of hydrogen-bond acceptors (Lipinski definition) is 2. The fraction of sp³-hybridized carbons (Fsp3) is 0.467. The van der Waals surface area contributed by atoms with Gasteiger partial charge in [-0.15, -0.1) is 0 Å². The minimum Gasteiger partial charge on any atom is -0.378 e. The number of benzene rings is 1. The fourth-order valence-electron chi connectivity index (χ4n) is 2.93. The van der Waals surface area contributed by atoms with Gasteiger partial charge < -0.3 is 10.1 Å². The maximum absolute atomic E-state index is 12.7. The highest BCUT2D eigenvalue weighted by molar-refractivity contribution is 5.70. The Morgan fingerprint density at radius 1 is 1.25 bits per heavy atom. The second-order valence-corrected chi connectivity index (χ2v) is 5.43. The zero-order valence-electron chi connectivity index (χ0n) is 11.1. The standard InChI is InChI=1S/C15H16F3NO/c1-9-4-11(15(16,17)18)2-3-14(9)10-5-12-7-20-8-13(6-10)19-12/h2-5,12-13,19H,6-8H2,1H3. The molecule has 0 aliphatic carbocycles. The van der Waals surface area contributed by atoms with Crippen molar-refractivity contribution in [2.24, 2.45) is 0 Å². The van der Waals surface area contributed by atoms with Crippen LogP contribution in [0.25, 0.3) is 5.57 Å². The van der Waals surface area contributed by atoms with Gasteiger partial charge in [0, 0.05) is 12.1 Å². The van der Waals surface area contributed by atoms with Gasteiger partial charge in [-0.25, -0.2) is 0 Å². The highest BCUT2D eigenvalue weighted by atomic mass is 19.4. The van der Waals surface area contributed by atoms with E-state index in [1.54, 1.807) is 13.0 Å². The summed E-state index contributed by atoms with van der Waals surface area (Å²) in [7, 11) is 0. The third-order valence-corrected chi connectivity index (χ3v) is 3.83. The monoisotopic (exact) mass is 283 g/mol. The van der Waals surface area contributed by atoms with Crippen LogP contribution in [0.5, 0.6) is 0 Å². The Labute approximate surface area is 115 Å². The van der Waals surface area contributed by atoms with Crippen molar-refractivity contribution >= 4 is 5.57 Å². The number of aryl methyl sites for hydroxylation is 1. The van der Waals surface area contributed by atoms with Gasteiger partial charge in [-0.2, -0.15) is 13.2 Å². The molecule has 0 saturated carbocycles. The van der Waals surface area contributed by atoms with Crippen LogP contribution >= 0.6 is 0 Å². The molecule has 0 aromatic heterocycles. The molecular weight excluding hydrogens is 267 g/mol. The number of halogens is 3. The fourth-order valence-corrected chi connectivity index (χ4v) is 2.93. The molecule has 1 fully saturated rings. The second-order valence-electron chi connectivity index (χ2n) is 5.43. The van der Waals surface area contributed by atoms with Crippen LogP contribution in [0, 0.1) is 6.92 Å². The number of ether oxygens (including phenoxy) is 1. The van der Waals surface area contributed by atoms with Crippen LogP contribution in [0.3, 0.4) is 0 Å². The highest BCUT2D eigenvalue weighted by Gasteiger charge is 2.31. The van der Waals surface area contributed by atoms with Gasteiger partial charge in [-0.3, -0.25) is 0 Å². The molecule has 1 aromatic carbocycles. The second kappa shape index (κ2) is 4.90. The largest absolute Gasteiger partial charge is 0.416 e. The van der Waals surface area contributed by atoms with Gasteiger partial charge in [-0.05, 0) is 42.2 Å². The van der Waals surface area contributed by atoms with E-state index in [9.17, 15) is 13.2 Å². The molecule has 0 spiro atoms. The van der Waals surface area contributed by atoms with E-state index >= 15 is 0 Å². The molecule has 2 heterocycles. The van der Waals surface area contributed by atoms with Crippen LogP contribution in [0.4, 0.5) is 13.2 Å². The molecule has 2 aliphatic heterocycles. The molecular formula is C15H16F3NO. The zero-order valence-corrected chi connectivity index (χ0v) is 11.1. The van der Waals surface area contributed by atoms with Crippen LogP contribution in [0.1, 0.15) is 23.1 Å². The molecule has 2 bridgehead atoms. The molecule has 108 valence electrons. The Morgan fingerprint density at radius 3 is 2.70 bits per heavy atom. The topological polar surface area (TPSA) is 21.3 Å². The molecule has 1 saturated heterocycles. The van der Waals surface area contributed by atoms with Gasteiger partial charge >= 0.3 is 6.18 Å². The number of hydrogen-bond donors (Lipinski definition) is 1. The Morgan fingerprint density at radius 2 is 2.05 bits per heavy atom. The number of alkyl halides is 3. The number of fused-ring (bicyclic) bond motifs is 2. The van der Waals surface area contributed by atoms with E-state index in [2.05, 4.69) is 11.4 Å². The predicted molar refractivity (Wildman–Crippen MR) is 70.3 cm³/mol. The molecule has 2 atom stereocenters. The summed E-state index contributed by atoms with van der Waals surface area (Å²) < 4.78 is 43.5. The van der Waals surface area contributed by atoms with Crippen LogP contribution in [0.2, 0.25) is 0 Å². The molecule has 20 heavy (non-hydrogen) atoms. The maximum Gasteiger partial charge on any atom is 0.416 e. The average molecular weight is 283 g/mol. The lowest BCUT2D eigenvalue weighted by Gasteiger charge is -2.35. The van der Waals surface area contributed by atoms with Crippen molar-refractivity contribution in [2.45, 2.75) is 31.6 Å². The molecule has 0 amide bonds. The first-order valence-corrected chi connectivity index (χ1v) is 6.66. The minimum absolute atomic E-state index is 0.166. The summed E-state index contributed by atoms with van der Waals surface area (Å²) in [5.74, 6) is 0. The lowest BCUT2D eigenvalue weighted by Crippen LogP contribution is -2.50. The lowest BCUT2D eigenvalue weighted by molar-refractivity contribution is -0.137. The van der Waals surface area contributed by atoms with E-state index in [4.69, 9.17) is 4.74 Å². The predicted octanol–water partition coefficient (Wildman–Crippen LogP) is 3.16. The molecule has 2 aliphatic rings. The lowest BCUT2D eigenvalue weighted by atomic mass is 9.89. The van der Waals surface area contributed by atoms with E-state index in [1.165, 1.54) is 6.07 Å². The first kappa shape index (κ1) is 13.6. The quantitative estimate of drug-likeness (QED) is 0.855. The van der Waals surface area contributed by atoms with Crippen LogP contribution in [-0.2, 0) is 10.9 Å². The summed E-state index contributed by atoms with van der Waals surface area (Å²) in [5, 5.41) is 3.43. The van der Waals surface area contributed by atoms with Crippen LogP contribution < -0.4 is 5.32 Å². The van der Waals surface area contributed by atoms with Gasteiger partial charge in [0.05, 0.1) is 18.8 Å². The van der Waals surface area contributed by atoms with E-state index in [1.807, 2.05) is 0 Å². The van der Waals surface area contributed by atoms with Gasteiger partial charge in [0.1, 0.15) is 0 Å². The van der Waals surface area contributed by atoms with E-state index in [0.717, 1.165) is 23.6 Å². The van der Waals surface area contributed by atoms with E-state index in [0.29, 0.717) is 18.8 Å². The number of nitrogens with one attached hydrogen (secondary N) is 1. The van der Waals surface area contributed by atoms with Gasteiger partial charge in [0.15, 0.2) is 0 Å². The van der Waals surface area contributed by atoms with Gasteiger partial charge in [0.2, 0.25) is 0 Å². The molecule has 2 nitrogen and oxygen atoms in total. The van der Waals surface area contributed by atoms with Crippen molar-refractivity contribution in [2.75, 3.05) is 13.2 Å². The molecule has 3 rings (SSSR count). The summed E-state index contributed by atoms with van der Waals surface area (Å²) in [6.45, 7) is 3.02. The molecule has 5 heteroatoms. The molecule has 1 N–H and O–H groups in total. The van der Waals surface area contributed by atoms with Crippen molar-refractivity contribution in [1.29, 1.82) is 0 Å². The Balaban J connectivity index is 1.93. The SMILES string of the molecule is Cc1cc(C(F)(F)F)ccc1C1=CC2COCC(C1)N2. The maximum atomic E-state index is 12.7. The van der Waals surface area contributed by atoms with Crippen LogP contribution in [-0.4, -0.2) is 25.3 Å². The van der Waals surface area contributed by atoms with Crippen molar-refractivity contribution in [3.63, 3.8) is 0 Å². The summed E-state index contributed by atoms with van der Waals surface area (Å²) >= 11 is 0. The third-order valence-electron chi connectivity index (χ3n) is 3.83. The number of morpholine rings is 1. The van der Waals surface area contributed by atoms with Crippen LogP contribution in [0.15, 0.2) is 24.3 Å². The van der Waals surface area contributed by atoms with Crippen molar-refractivity contribution in [1.82, 2.24) is 5.32 Å². The normalized spacial score (nSPS) is 26.3. The third kappa shape index (κ3) is 2.60. The molecule has 1 aromatic rings. The summed E-state index contributed by atoms with van der Waals surface area (Å²) in [4.78, 5) is 0. The Bertz CT molecular complexity index is 551. The first-order valence-electron chi connectivity index (χ1n) is 6.66. The Kier molecular flexibility index (Phi) is 3.34. The van der Waals surface area contributed by atoms with Crippen molar-refractivity contribution in [3.8, 4) is 0 Å². The average Bonchev–Trinajstić information content (AvgIpc) is 2.37.